The van der Waals surface area contributed by atoms with Crippen molar-refractivity contribution in [2.45, 2.75) is 20.8 Å². The molecule has 0 fully saturated rings. The Morgan fingerprint density at radius 3 is 2.33 bits per heavy atom. The van der Waals surface area contributed by atoms with E-state index in [-0.39, 0.29) is 11.9 Å². The maximum absolute atomic E-state index is 12.6. The summed E-state index contributed by atoms with van der Waals surface area (Å²) in [6.07, 6.45) is 3.67. The summed E-state index contributed by atoms with van der Waals surface area (Å²) >= 11 is 0. The van der Waals surface area contributed by atoms with Crippen molar-refractivity contribution in [2.75, 3.05) is 21.3 Å². The minimum absolute atomic E-state index is 0.131. The molecule has 0 saturated carbocycles. The van der Waals surface area contributed by atoms with Gasteiger partial charge in [-0.15, -0.1) is 0 Å². The zero-order valence-electron chi connectivity index (χ0n) is 20.3. The highest BCUT2D eigenvalue weighted by Gasteiger charge is 2.24. The largest absolute Gasteiger partial charge is 0.362 e. The van der Waals surface area contributed by atoms with Crippen LogP contribution in [0.25, 0.3) is 11.6 Å². The van der Waals surface area contributed by atoms with Gasteiger partial charge in [0.25, 0.3) is 5.91 Å². The Balaban J connectivity index is 1.31. The number of benzene rings is 3. The summed E-state index contributed by atoms with van der Waals surface area (Å²) in [5.74, 6) is -0.131. The fourth-order valence-electron chi connectivity index (χ4n) is 4.34. The van der Waals surface area contributed by atoms with Crippen molar-refractivity contribution in [3.8, 4) is 0 Å². The molecular weight excluding hydrogens is 450 g/mol. The standard InChI is InChI=1S/C29H27N5O2/c1-17-11-18(2)13-23(12-17)33-29(36)32-22-7-6-19(3)26(15-22)31-21-8-9-24-25(14-20-5-4-10-30-20)28(35)34-27(24)16-21/h4-16,30-31H,1-3H3,(H,34,35)(H2,32,33,36)/b25-14+. The molecule has 1 aliphatic rings. The third-order valence-corrected chi connectivity index (χ3v) is 5.98. The van der Waals surface area contributed by atoms with Crippen LogP contribution < -0.4 is 21.3 Å². The predicted molar refractivity (Wildman–Crippen MR) is 147 cm³/mol. The Morgan fingerprint density at radius 1 is 0.833 bits per heavy atom. The van der Waals surface area contributed by atoms with Gasteiger partial charge in [-0.2, -0.15) is 0 Å². The molecule has 7 heteroatoms. The van der Waals surface area contributed by atoms with Gasteiger partial charge in [-0.1, -0.05) is 18.2 Å². The second kappa shape index (κ2) is 9.46. The Morgan fingerprint density at radius 2 is 1.58 bits per heavy atom. The second-order valence-corrected chi connectivity index (χ2v) is 9.01. The molecule has 5 rings (SSSR count). The monoisotopic (exact) mass is 477 g/mol. The summed E-state index contributed by atoms with van der Waals surface area (Å²) in [5, 5.41) is 12.1. The molecule has 2 heterocycles. The first-order chi connectivity index (χ1) is 17.3. The van der Waals surface area contributed by atoms with Crippen LogP contribution in [0.15, 0.2) is 72.9 Å². The van der Waals surface area contributed by atoms with Crippen molar-refractivity contribution in [2.24, 2.45) is 0 Å². The molecule has 0 saturated heterocycles. The predicted octanol–water partition coefficient (Wildman–Crippen LogP) is 6.82. The van der Waals surface area contributed by atoms with E-state index in [2.05, 4.69) is 32.3 Å². The molecule has 0 bridgehead atoms. The molecule has 1 aliphatic heterocycles. The summed E-state index contributed by atoms with van der Waals surface area (Å²) in [6, 6.07) is 20.9. The number of aromatic amines is 1. The summed E-state index contributed by atoms with van der Waals surface area (Å²) in [5.41, 5.74) is 9.39. The third-order valence-electron chi connectivity index (χ3n) is 5.98. The number of hydrogen-bond acceptors (Lipinski definition) is 3. The quantitative estimate of drug-likeness (QED) is 0.204. The Hall–Kier alpha value is -4.78. The van der Waals surface area contributed by atoms with Crippen molar-refractivity contribution < 1.29 is 9.59 Å². The van der Waals surface area contributed by atoms with Crippen LogP contribution in [-0.2, 0) is 4.79 Å². The minimum Gasteiger partial charge on any atom is -0.362 e. The third kappa shape index (κ3) is 5.00. The second-order valence-electron chi connectivity index (χ2n) is 9.01. The number of aromatic nitrogens is 1. The van der Waals surface area contributed by atoms with E-state index in [0.717, 1.165) is 50.7 Å². The van der Waals surface area contributed by atoms with Crippen molar-refractivity contribution in [3.63, 3.8) is 0 Å². The number of carbonyl (C=O) groups excluding carboxylic acids is 2. The van der Waals surface area contributed by atoms with Gasteiger partial charge in [-0.3, -0.25) is 4.79 Å². The van der Waals surface area contributed by atoms with Gasteiger partial charge in [-0.25, -0.2) is 4.79 Å². The summed E-state index contributed by atoms with van der Waals surface area (Å²) < 4.78 is 0. The van der Waals surface area contributed by atoms with E-state index in [0.29, 0.717) is 11.3 Å². The van der Waals surface area contributed by atoms with Crippen LogP contribution in [0.2, 0.25) is 0 Å². The lowest BCUT2D eigenvalue weighted by molar-refractivity contribution is -0.110. The number of anilines is 5. The first-order valence-corrected chi connectivity index (χ1v) is 11.7. The number of amides is 3. The maximum atomic E-state index is 12.6. The Labute approximate surface area is 209 Å². The average molecular weight is 478 g/mol. The molecule has 4 aromatic rings. The maximum Gasteiger partial charge on any atom is 0.323 e. The molecule has 1 aromatic heterocycles. The first-order valence-electron chi connectivity index (χ1n) is 11.7. The zero-order valence-corrected chi connectivity index (χ0v) is 20.3. The SMILES string of the molecule is Cc1cc(C)cc(NC(=O)Nc2ccc(C)c(Nc3ccc4c(c3)NC(=O)/C4=C/c3ccc[nH]3)c2)c1. The number of nitrogens with one attached hydrogen (secondary N) is 5. The Bertz CT molecular complexity index is 1480. The van der Waals surface area contributed by atoms with Gasteiger partial charge >= 0.3 is 6.03 Å². The molecular formula is C29H27N5O2. The number of H-pyrrole nitrogens is 1. The number of hydrogen-bond donors (Lipinski definition) is 5. The van der Waals surface area contributed by atoms with Crippen LogP contribution >= 0.6 is 0 Å². The van der Waals surface area contributed by atoms with Crippen LogP contribution in [-0.4, -0.2) is 16.9 Å². The lowest BCUT2D eigenvalue weighted by Crippen LogP contribution is -2.19. The van der Waals surface area contributed by atoms with Gasteiger partial charge in [0.15, 0.2) is 0 Å². The number of urea groups is 1. The van der Waals surface area contributed by atoms with Gasteiger partial charge in [0.05, 0.1) is 11.3 Å². The van der Waals surface area contributed by atoms with Gasteiger partial charge in [0.1, 0.15) is 0 Å². The van der Waals surface area contributed by atoms with Crippen LogP contribution in [0.1, 0.15) is 27.9 Å². The van der Waals surface area contributed by atoms with Crippen LogP contribution in [0, 0.1) is 20.8 Å². The summed E-state index contributed by atoms with van der Waals surface area (Å²) in [7, 11) is 0. The van der Waals surface area contributed by atoms with Gasteiger partial charge in [0, 0.05) is 40.2 Å². The molecule has 3 amide bonds. The average Bonchev–Trinajstić information content (AvgIpc) is 3.43. The van der Waals surface area contributed by atoms with Crippen molar-refractivity contribution >= 4 is 52.0 Å². The van der Waals surface area contributed by atoms with E-state index in [1.165, 1.54) is 0 Å². The minimum atomic E-state index is -0.309. The first kappa shape index (κ1) is 23.0. The smallest absolute Gasteiger partial charge is 0.323 e. The summed E-state index contributed by atoms with van der Waals surface area (Å²) in [6.45, 7) is 5.99. The topological polar surface area (TPSA) is 98.0 Å². The molecule has 0 atom stereocenters. The number of fused-ring (bicyclic) bond motifs is 1. The molecule has 180 valence electrons. The Kier molecular flexibility index (Phi) is 6.04. The molecule has 0 aliphatic carbocycles. The van der Waals surface area contributed by atoms with E-state index in [1.54, 1.807) is 0 Å². The van der Waals surface area contributed by atoms with E-state index >= 15 is 0 Å². The van der Waals surface area contributed by atoms with Crippen LogP contribution in [0.5, 0.6) is 0 Å². The highest BCUT2D eigenvalue weighted by Crippen LogP contribution is 2.36. The zero-order chi connectivity index (χ0) is 25.2. The highest BCUT2D eigenvalue weighted by atomic mass is 16.2. The lowest BCUT2D eigenvalue weighted by Gasteiger charge is -2.14. The summed E-state index contributed by atoms with van der Waals surface area (Å²) in [4.78, 5) is 28.2. The molecule has 0 spiro atoms. The fraction of sp³-hybridized carbons (Fsp3) is 0.103. The number of rotatable bonds is 5. The molecule has 3 aromatic carbocycles. The van der Waals surface area contributed by atoms with Crippen LogP contribution in [0.4, 0.5) is 33.2 Å². The highest BCUT2D eigenvalue weighted by molar-refractivity contribution is 6.35. The molecule has 0 radical (unpaired) electrons. The molecule has 7 nitrogen and oxygen atoms in total. The normalized spacial score (nSPS) is 13.3. The van der Waals surface area contributed by atoms with E-state index in [4.69, 9.17) is 0 Å². The van der Waals surface area contributed by atoms with Crippen molar-refractivity contribution in [1.82, 2.24) is 4.98 Å². The van der Waals surface area contributed by atoms with Gasteiger partial charge < -0.3 is 26.3 Å². The number of carbonyl (C=O) groups is 2. The fourth-order valence-corrected chi connectivity index (χ4v) is 4.34. The van der Waals surface area contributed by atoms with Gasteiger partial charge in [0.2, 0.25) is 0 Å². The van der Waals surface area contributed by atoms with Crippen molar-refractivity contribution in [1.29, 1.82) is 0 Å². The van der Waals surface area contributed by atoms with Gasteiger partial charge in [-0.05, 0) is 92.1 Å². The lowest BCUT2D eigenvalue weighted by atomic mass is 10.1. The number of aryl methyl sites for hydroxylation is 3. The van der Waals surface area contributed by atoms with E-state index < -0.39 is 0 Å². The van der Waals surface area contributed by atoms with E-state index in [1.807, 2.05) is 93.7 Å². The molecule has 5 N–H and O–H groups in total. The van der Waals surface area contributed by atoms with Crippen molar-refractivity contribution in [3.05, 3.63) is 101 Å². The van der Waals surface area contributed by atoms with E-state index in [9.17, 15) is 9.59 Å². The van der Waals surface area contributed by atoms with Crippen LogP contribution in [0.3, 0.4) is 0 Å². The molecule has 0 unspecified atom stereocenters. The molecule has 36 heavy (non-hydrogen) atoms.